The van der Waals surface area contributed by atoms with E-state index in [1.54, 1.807) is 7.11 Å². The fourth-order valence-electron chi connectivity index (χ4n) is 4.11. The molecule has 0 heterocycles. The number of benzene rings is 3. The molecule has 1 atom stereocenters. The van der Waals surface area contributed by atoms with Crippen molar-refractivity contribution in [3.8, 4) is 5.75 Å². The van der Waals surface area contributed by atoms with Gasteiger partial charge in [-0.25, -0.2) is 4.79 Å². The number of rotatable bonds is 8. The van der Waals surface area contributed by atoms with Crippen LogP contribution in [0.25, 0.3) is 0 Å². The van der Waals surface area contributed by atoms with Gasteiger partial charge in [-0.3, -0.25) is 4.79 Å². The molecule has 1 unspecified atom stereocenters. The Morgan fingerprint density at radius 3 is 2.09 bits per heavy atom. The average Bonchev–Trinajstić information content (AvgIpc) is 2.83. The Bertz CT molecular complexity index is 1130. The first-order valence-electron chi connectivity index (χ1n) is 10.5. The van der Waals surface area contributed by atoms with Crippen molar-refractivity contribution in [1.82, 2.24) is 0 Å². The minimum Gasteiger partial charge on any atom is -0.496 e. The van der Waals surface area contributed by atoms with Crippen molar-refractivity contribution in [1.29, 1.82) is 0 Å². The third-order valence-electron chi connectivity index (χ3n) is 5.66. The van der Waals surface area contributed by atoms with Crippen LogP contribution in [0.3, 0.4) is 0 Å². The van der Waals surface area contributed by atoms with Crippen LogP contribution < -0.4 is 4.74 Å². The lowest BCUT2D eigenvalue weighted by atomic mass is 9.78. The summed E-state index contributed by atoms with van der Waals surface area (Å²) >= 11 is 2.99. The Morgan fingerprint density at radius 1 is 1.00 bits per heavy atom. The van der Waals surface area contributed by atoms with E-state index in [4.69, 9.17) is 4.74 Å². The SMILES string of the molecule is C=C(CC1Cc2c(OC)cccc2C(Sc2ccccc2)(Sc2ccccc2)C1=O)C(=O)O. The Kier molecular flexibility index (Phi) is 6.96. The second kappa shape index (κ2) is 9.89. The number of ether oxygens (including phenoxy) is 1. The Balaban J connectivity index is 1.91. The summed E-state index contributed by atoms with van der Waals surface area (Å²) in [4.78, 5) is 27.7. The monoisotopic (exact) mass is 476 g/mol. The van der Waals surface area contributed by atoms with Crippen LogP contribution in [0.2, 0.25) is 0 Å². The fraction of sp³-hybridized carbons (Fsp3) is 0.185. The van der Waals surface area contributed by atoms with E-state index in [0.29, 0.717) is 12.2 Å². The summed E-state index contributed by atoms with van der Waals surface area (Å²) in [5.41, 5.74) is 1.87. The molecule has 0 amide bonds. The predicted octanol–water partition coefficient (Wildman–Crippen LogP) is 6.20. The molecule has 3 aromatic rings. The maximum atomic E-state index is 14.3. The number of Topliss-reactive ketones (excluding diaryl/α,β-unsaturated/α-hetero) is 1. The zero-order valence-corrected chi connectivity index (χ0v) is 19.8. The van der Waals surface area contributed by atoms with Gasteiger partial charge in [0.05, 0.1) is 7.11 Å². The van der Waals surface area contributed by atoms with Crippen LogP contribution >= 0.6 is 23.5 Å². The van der Waals surface area contributed by atoms with Crippen molar-refractivity contribution in [3.63, 3.8) is 0 Å². The number of ketones is 1. The highest BCUT2D eigenvalue weighted by Gasteiger charge is 2.51. The van der Waals surface area contributed by atoms with Crippen molar-refractivity contribution in [2.75, 3.05) is 7.11 Å². The van der Waals surface area contributed by atoms with Gasteiger partial charge in [-0.2, -0.15) is 0 Å². The van der Waals surface area contributed by atoms with Gasteiger partial charge in [0, 0.05) is 26.8 Å². The van der Waals surface area contributed by atoms with Gasteiger partial charge in [0.25, 0.3) is 0 Å². The lowest BCUT2D eigenvalue weighted by molar-refractivity contribution is -0.133. The second-order valence-corrected chi connectivity index (χ2v) is 10.6. The van der Waals surface area contributed by atoms with Crippen LogP contribution in [-0.2, 0) is 20.1 Å². The van der Waals surface area contributed by atoms with E-state index in [1.807, 2.05) is 78.9 Å². The number of hydrogen-bond donors (Lipinski definition) is 1. The number of fused-ring (bicyclic) bond motifs is 1. The number of methoxy groups -OCH3 is 1. The maximum Gasteiger partial charge on any atom is 0.330 e. The quantitative estimate of drug-likeness (QED) is 0.308. The summed E-state index contributed by atoms with van der Waals surface area (Å²) in [6.07, 6.45) is 0.509. The number of carboxylic acids is 1. The van der Waals surface area contributed by atoms with Crippen LogP contribution in [0.5, 0.6) is 5.75 Å². The summed E-state index contributed by atoms with van der Waals surface area (Å²) < 4.78 is 4.67. The third-order valence-corrected chi connectivity index (χ3v) is 8.59. The van der Waals surface area contributed by atoms with E-state index in [0.717, 1.165) is 20.9 Å². The molecule has 0 bridgehead atoms. The molecule has 1 aliphatic carbocycles. The van der Waals surface area contributed by atoms with Gasteiger partial charge in [-0.05, 0) is 48.7 Å². The molecule has 0 saturated carbocycles. The van der Waals surface area contributed by atoms with E-state index in [2.05, 4.69) is 6.58 Å². The zero-order valence-electron chi connectivity index (χ0n) is 18.2. The molecule has 6 heteroatoms. The molecule has 4 nitrogen and oxygen atoms in total. The van der Waals surface area contributed by atoms with Crippen molar-refractivity contribution < 1.29 is 19.4 Å². The molecule has 0 aromatic heterocycles. The third kappa shape index (κ3) is 4.72. The highest BCUT2D eigenvalue weighted by atomic mass is 32.2. The Morgan fingerprint density at radius 2 is 1.58 bits per heavy atom. The van der Waals surface area contributed by atoms with Gasteiger partial charge in [-0.1, -0.05) is 78.6 Å². The fourth-order valence-corrected chi connectivity index (χ4v) is 7.24. The number of carbonyl (C=O) groups excluding carboxylic acids is 1. The lowest BCUT2D eigenvalue weighted by Crippen LogP contribution is -2.41. The van der Waals surface area contributed by atoms with Crippen molar-refractivity contribution in [3.05, 3.63) is 102 Å². The van der Waals surface area contributed by atoms with E-state index < -0.39 is 16.0 Å². The van der Waals surface area contributed by atoms with E-state index in [-0.39, 0.29) is 17.8 Å². The zero-order chi connectivity index (χ0) is 23.4. The number of thioether (sulfide) groups is 2. The van der Waals surface area contributed by atoms with Crippen LogP contribution in [0.15, 0.2) is 101 Å². The molecule has 0 aliphatic heterocycles. The molecule has 1 aliphatic rings. The molecule has 0 spiro atoms. The van der Waals surface area contributed by atoms with E-state index in [1.165, 1.54) is 23.5 Å². The van der Waals surface area contributed by atoms with E-state index in [9.17, 15) is 14.7 Å². The van der Waals surface area contributed by atoms with Crippen molar-refractivity contribution in [2.45, 2.75) is 26.7 Å². The van der Waals surface area contributed by atoms with Crippen LogP contribution in [0.4, 0.5) is 0 Å². The van der Waals surface area contributed by atoms with Gasteiger partial charge in [0.2, 0.25) is 0 Å². The Labute approximate surface area is 202 Å². The molecule has 4 rings (SSSR count). The first-order valence-corrected chi connectivity index (χ1v) is 12.2. The Hall–Kier alpha value is -2.96. The molecule has 0 saturated heterocycles. The average molecular weight is 477 g/mol. The highest BCUT2D eigenvalue weighted by molar-refractivity contribution is 8.18. The number of carbonyl (C=O) groups is 2. The summed E-state index contributed by atoms with van der Waals surface area (Å²) in [6.45, 7) is 3.70. The molecule has 0 fully saturated rings. The van der Waals surface area contributed by atoms with E-state index >= 15 is 0 Å². The standard InChI is InChI=1S/C27H24O4S2/c1-18(26(29)30)16-19-17-22-23(14-9-15-24(22)31-2)27(25(19)28,32-20-10-5-3-6-11-20)33-21-12-7-4-8-13-21/h3-15,19H,1,16-17H2,2H3,(H,29,30). The molecule has 1 N–H and O–H groups in total. The summed E-state index contributed by atoms with van der Waals surface area (Å²) in [5.74, 6) is -0.901. The number of aliphatic carboxylic acids is 1. The minimum atomic E-state index is -1.08. The van der Waals surface area contributed by atoms with Crippen molar-refractivity contribution in [2.24, 2.45) is 5.92 Å². The van der Waals surface area contributed by atoms with Crippen molar-refractivity contribution >= 4 is 35.3 Å². The first kappa shape index (κ1) is 23.2. The highest BCUT2D eigenvalue weighted by Crippen LogP contribution is 2.59. The van der Waals surface area contributed by atoms with Gasteiger partial charge in [-0.15, -0.1) is 0 Å². The van der Waals surface area contributed by atoms with Gasteiger partial charge < -0.3 is 9.84 Å². The minimum absolute atomic E-state index is 0.00615. The van der Waals surface area contributed by atoms with Gasteiger partial charge >= 0.3 is 5.97 Å². The summed E-state index contributed by atoms with van der Waals surface area (Å²) in [6, 6.07) is 25.4. The normalized spacial score (nSPS) is 16.6. The second-order valence-electron chi connectivity index (χ2n) is 7.81. The first-order chi connectivity index (χ1) is 15.9. The molecule has 33 heavy (non-hydrogen) atoms. The molecular weight excluding hydrogens is 452 g/mol. The predicted molar refractivity (Wildman–Crippen MR) is 133 cm³/mol. The van der Waals surface area contributed by atoms with Crippen LogP contribution in [0.1, 0.15) is 17.5 Å². The summed E-state index contributed by atoms with van der Waals surface area (Å²) in [7, 11) is 1.62. The lowest BCUT2D eigenvalue weighted by Gasteiger charge is -2.40. The maximum absolute atomic E-state index is 14.3. The van der Waals surface area contributed by atoms with Crippen LogP contribution in [0, 0.1) is 5.92 Å². The molecular formula is C27H24O4S2. The smallest absolute Gasteiger partial charge is 0.330 e. The molecule has 168 valence electrons. The number of carboxylic acid groups (broad SMARTS) is 1. The molecule has 0 radical (unpaired) electrons. The van der Waals surface area contributed by atoms with Gasteiger partial charge in [0.15, 0.2) is 9.86 Å². The van der Waals surface area contributed by atoms with Crippen LogP contribution in [-0.4, -0.2) is 24.0 Å². The topological polar surface area (TPSA) is 63.6 Å². The number of hydrogen-bond acceptors (Lipinski definition) is 5. The summed E-state index contributed by atoms with van der Waals surface area (Å²) in [5, 5.41) is 9.45. The molecule has 3 aromatic carbocycles. The van der Waals surface area contributed by atoms with Gasteiger partial charge in [0.1, 0.15) is 5.75 Å². The largest absolute Gasteiger partial charge is 0.496 e.